The number of nitrogens with one attached hydrogen (secondary N) is 3. The highest BCUT2D eigenvalue weighted by atomic mass is 32.2. The van der Waals surface area contributed by atoms with Crippen LogP contribution in [0.4, 0.5) is 21.5 Å². The van der Waals surface area contributed by atoms with Gasteiger partial charge in [-0.3, -0.25) is 19.6 Å². The number of amides is 1. The minimum Gasteiger partial charge on any atom is -0.507 e. The molecule has 0 aliphatic heterocycles. The van der Waals surface area contributed by atoms with Gasteiger partial charge in [0.05, 0.1) is 32.1 Å². The second kappa shape index (κ2) is 10.5. The Bertz CT molecular complexity index is 1870. The number of aromatic amines is 1. The standard InChI is InChI=1S/C27H20FN5O6S/c28-17-6-4-16(5-7-17)12-26-30-23-11-9-18(13-24(23)31-26)29-27(35)22-10-8-19(14-25(22)34)32-40(38,39)21-3-1-2-20(15-21)33(36)37/h1-11,13-15,32,34H,12H2,(H,29,35)(H,30,31). The van der Waals surface area contributed by atoms with E-state index < -0.39 is 32.3 Å². The Morgan fingerprint density at radius 1 is 1.00 bits per heavy atom. The van der Waals surface area contributed by atoms with Gasteiger partial charge in [-0.15, -0.1) is 0 Å². The predicted octanol–water partition coefficient (Wildman–Crippen LogP) is 4.96. The van der Waals surface area contributed by atoms with Crippen molar-refractivity contribution >= 4 is 44.0 Å². The summed E-state index contributed by atoms with van der Waals surface area (Å²) in [5, 5.41) is 24.1. The third kappa shape index (κ3) is 5.73. The molecule has 0 aliphatic rings. The molecule has 0 aliphatic carbocycles. The molecule has 13 heteroatoms. The first-order chi connectivity index (χ1) is 19.1. The minimum atomic E-state index is -4.20. The topological polar surface area (TPSA) is 167 Å². The predicted molar refractivity (Wildman–Crippen MR) is 145 cm³/mol. The van der Waals surface area contributed by atoms with E-state index in [0.717, 1.165) is 23.8 Å². The lowest BCUT2D eigenvalue weighted by molar-refractivity contribution is -0.385. The van der Waals surface area contributed by atoms with E-state index in [9.17, 15) is 32.8 Å². The molecule has 4 N–H and O–H groups in total. The first kappa shape index (κ1) is 26.3. The van der Waals surface area contributed by atoms with Crippen molar-refractivity contribution in [3.63, 3.8) is 0 Å². The van der Waals surface area contributed by atoms with Gasteiger partial charge in [0.2, 0.25) is 0 Å². The van der Waals surface area contributed by atoms with Gasteiger partial charge in [0.1, 0.15) is 17.4 Å². The summed E-state index contributed by atoms with van der Waals surface area (Å²) in [7, 11) is -4.20. The third-order valence-electron chi connectivity index (χ3n) is 5.91. The molecule has 0 unspecified atom stereocenters. The number of nitro groups is 1. The largest absolute Gasteiger partial charge is 0.507 e. The van der Waals surface area contributed by atoms with Crippen LogP contribution in [0.15, 0.2) is 89.8 Å². The van der Waals surface area contributed by atoms with E-state index in [1.165, 1.54) is 36.4 Å². The fourth-order valence-electron chi connectivity index (χ4n) is 3.98. The first-order valence-corrected chi connectivity index (χ1v) is 13.2. The highest BCUT2D eigenvalue weighted by Crippen LogP contribution is 2.27. The second-order valence-corrected chi connectivity index (χ2v) is 10.4. The second-order valence-electron chi connectivity index (χ2n) is 8.76. The number of aromatic nitrogens is 2. The van der Waals surface area contributed by atoms with Gasteiger partial charge < -0.3 is 15.4 Å². The summed E-state index contributed by atoms with van der Waals surface area (Å²) in [4.78, 5) is 30.4. The van der Waals surface area contributed by atoms with Gasteiger partial charge in [-0.25, -0.2) is 17.8 Å². The van der Waals surface area contributed by atoms with Crippen LogP contribution >= 0.6 is 0 Å². The molecule has 0 atom stereocenters. The van der Waals surface area contributed by atoms with Gasteiger partial charge in [-0.2, -0.15) is 0 Å². The molecule has 11 nitrogen and oxygen atoms in total. The molecule has 0 bridgehead atoms. The smallest absolute Gasteiger partial charge is 0.270 e. The van der Waals surface area contributed by atoms with E-state index in [-0.39, 0.29) is 22.0 Å². The summed E-state index contributed by atoms with van der Waals surface area (Å²) in [6, 6.07) is 19.2. The van der Waals surface area contributed by atoms with Crippen molar-refractivity contribution in [2.45, 2.75) is 11.3 Å². The summed E-state index contributed by atoms with van der Waals surface area (Å²) >= 11 is 0. The van der Waals surface area contributed by atoms with E-state index >= 15 is 0 Å². The number of phenols is 1. The van der Waals surface area contributed by atoms with Crippen LogP contribution in [0.25, 0.3) is 11.0 Å². The number of nitrogens with zero attached hydrogens (tertiary/aromatic N) is 2. The van der Waals surface area contributed by atoms with Gasteiger partial charge in [-0.1, -0.05) is 18.2 Å². The first-order valence-electron chi connectivity index (χ1n) is 11.7. The summed E-state index contributed by atoms with van der Waals surface area (Å²) in [6.07, 6.45) is 0.460. The van der Waals surface area contributed by atoms with Crippen molar-refractivity contribution in [1.29, 1.82) is 0 Å². The Kier molecular flexibility index (Phi) is 6.88. The monoisotopic (exact) mass is 561 g/mol. The number of carbonyl (C=O) groups excluding carboxylic acids is 1. The number of non-ortho nitro benzene ring substituents is 1. The zero-order valence-electron chi connectivity index (χ0n) is 20.5. The van der Waals surface area contributed by atoms with Crippen molar-refractivity contribution in [3.05, 3.63) is 118 Å². The quantitative estimate of drug-likeness (QED) is 0.153. The maximum atomic E-state index is 13.2. The molecule has 202 valence electrons. The number of sulfonamides is 1. The van der Waals surface area contributed by atoms with Crippen LogP contribution in [0.1, 0.15) is 21.7 Å². The van der Waals surface area contributed by atoms with Crippen molar-refractivity contribution in [2.75, 3.05) is 10.0 Å². The SMILES string of the molecule is O=C(Nc1ccc2nc(Cc3ccc(F)cc3)[nH]c2c1)c1ccc(NS(=O)(=O)c2cccc([N+](=O)[O-])c2)cc1O. The van der Waals surface area contributed by atoms with Crippen molar-refractivity contribution in [2.24, 2.45) is 0 Å². The number of fused-ring (bicyclic) bond motifs is 1. The molecule has 0 spiro atoms. The zero-order chi connectivity index (χ0) is 28.4. The van der Waals surface area contributed by atoms with Crippen molar-refractivity contribution in [1.82, 2.24) is 9.97 Å². The lowest BCUT2D eigenvalue weighted by atomic mass is 10.1. The number of benzene rings is 4. The number of phenolic OH excluding ortho intramolecular Hbond substituents is 1. The Morgan fingerprint density at radius 3 is 2.48 bits per heavy atom. The average Bonchev–Trinajstić information content (AvgIpc) is 3.31. The van der Waals surface area contributed by atoms with Crippen LogP contribution in [-0.4, -0.2) is 34.3 Å². The van der Waals surface area contributed by atoms with E-state index in [0.29, 0.717) is 29.0 Å². The maximum absolute atomic E-state index is 13.2. The number of halogens is 1. The molecule has 0 radical (unpaired) electrons. The number of imidazole rings is 1. The highest BCUT2D eigenvalue weighted by Gasteiger charge is 2.19. The molecule has 0 saturated carbocycles. The van der Waals surface area contributed by atoms with Gasteiger partial charge in [0.25, 0.3) is 21.6 Å². The van der Waals surface area contributed by atoms with Crippen molar-refractivity contribution in [3.8, 4) is 5.75 Å². The van der Waals surface area contributed by atoms with E-state index in [1.807, 2.05) is 0 Å². The van der Waals surface area contributed by atoms with Gasteiger partial charge >= 0.3 is 0 Å². The summed E-state index contributed by atoms with van der Waals surface area (Å²) < 4.78 is 40.7. The molecule has 5 rings (SSSR count). The van der Waals surface area contributed by atoms with E-state index in [4.69, 9.17) is 0 Å². The van der Waals surface area contributed by atoms with Gasteiger partial charge in [-0.05, 0) is 54.1 Å². The zero-order valence-corrected chi connectivity index (χ0v) is 21.3. The number of rotatable bonds is 8. The number of H-pyrrole nitrogens is 1. The molecular weight excluding hydrogens is 541 g/mol. The van der Waals surface area contributed by atoms with E-state index in [2.05, 4.69) is 20.0 Å². The van der Waals surface area contributed by atoms with Gasteiger partial charge in [0.15, 0.2) is 0 Å². The summed E-state index contributed by atoms with van der Waals surface area (Å²) in [5.74, 6) is -0.793. The Hall–Kier alpha value is -5.30. The molecule has 1 heterocycles. The number of hydrogen-bond donors (Lipinski definition) is 4. The molecule has 0 fully saturated rings. The molecule has 5 aromatic rings. The maximum Gasteiger partial charge on any atom is 0.270 e. The van der Waals surface area contributed by atoms with Crippen LogP contribution < -0.4 is 10.0 Å². The van der Waals surface area contributed by atoms with Gasteiger partial charge in [0, 0.05) is 30.3 Å². The molecule has 40 heavy (non-hydrogen) atoms. The lowest BCUT2D eigenvalue weighted by Crippen LogP contribution is -2.14. The highest BCUT2D eigenvalue weighted by molar-refractivity contribution is 7.92. The number of nitro benzene ring substituents is 1. The lowest BCUT2D eigenvalue weighted by Gasteiger charge is -2.11. The normalized spacial score (nSPS) is 11.3. The number of aromatic hydroxyl groups is 1. The molecule has 0 saturated heterocycles. The third-order valence-corrected chi connectivity index (χ3v) is 7.29. The average molecular weight is 562 g/mol. The van der Waals surface area contributed by atoms with Crippen molar-refractivity contribution < 1.29 is 27.6 Å². The number of anilines is 2. The van der Waals surface area contributed by atoms with Crippen LogP contribution in [0.5, 0.6) is 5.75 Å². The molecular formula is C27H20FN5O6S. The fourth-order valence-corrected chi connectivity index (χ4v) is 5.07. The molecule has 1 aromatic heterocycles. The minimum absolute atomic E-state index is 0.0480. The van der Waals surface area contributed by atoms with Crippen LogP contribution in [-0.2, 0) is 16.4 Å². The van der Waals surface area contributed by atoms with Crippen LogP contribution in [0, 0.1) is 15.9 Å². The Labute approximate surface area is 226 Å². The fraction of sp³-hybridized carbons (Fsp3) is 0.0370. The van der Waals surface area contributed by atoms with E-state index in [1.54, 1.807) is 30.3 Å². The number of hydrogen-bond acceptors (Lipinski definition) is 7. The molecule has 4 aromatic carbocycles. The summed E-state index contributed by atoms with van der Waals surface area (Å²) in [5.41, 5.74) is 2.07. The van der Waals surface area contributed by atoms with Crippen LogP contribution in [0.2, 0.25) is 0 Å². The number of carbonyl (C=O) groups is 1. The Balaban J connectivity index is 1.29. The van der Waals surface area contributed by atoms with Crippen LogP contribution in [0.3, 0.4) is 0 Å². The Morgan fingerprint density at radius 2 is 1.75 bits per heavy atom. The molecule has 1 amide bonds. The summed E-state index contributed by atoms with van der Waals surface area (Å²) in [6.45, 7) is 0.